The summed E-state index contributed by atoms with van der Waals surface area (Å²) in [5.74, 6) is 3.60. The van der Waals surface area contributed by atoms with Crippen LogP contribution in [0.5, 0.6) is 11.5 Å². The molecule has 0 amide bonds. The van der Waals surface area contributed by atoms with Crippen molar-refractivity contribution in [3.05, 3.63) is 215 Å². The molecule has 1 aliphatic carbocycles. The topological polar surface area (TPSA) is 60.8 Å². The summed E-state index contributed by atoms with van der Waals surface area (Å²) < 4.78 is 7.00. The predicted octanol–water partition coefficient (Wildman–Crippen LogP) is 13.0. The fraction of sp³-hybridized carbons (Fsp3) is 0.0741. The van der Waals surface area contributed by atoms with Crippen LogP contribution in [-0.4, -0.2) is 19.9 Å². The second-order valence-electron chi connectivity index (χ2n) is 15.5. The van der Waals surface area contributed by atoms with Crippen LogP contribution in [0.15, 0.2) is 176 Å². The van der Waals surface area contributed by atoms with Gasteiger partial charge in [0.1, 0.15) is 17.3 Å². The fourth-order valence-electron chi connectivity index (χ4n) is 9.29. The summed E-state index contributed by atoms with van der Waals surface area (Å²) >= 11 is 0. The van der Waals surface area contributed by atoms with Gasteiger partial charge in [-0.1, -0.05) is 133 Å². The number of benzene rings is 7. The molecule has 3 heterocycles. The molecule has 0 radical (unpaired) electrons. The van der Waals surface area contributed by atoms with E-state index >= 15 is 0 Å². The Morgan fingerprint density at radius 3 is 1.63 bits per heavy atom. The summed E-state index contributed by atoms with van der Waals surface area (Å²) in [6, 6.07) is 62.6. The van der Waals surface area contributed by atoms with Crippen molar-refractivity contribution in [3.63, 3.8) is 0 Å². The van der Waals surface area contributed by atoms with Gasteiger partial charge in [-0.05, 0) is 113 Å². The highest BCUT2D eigenvalue weighted by Crippen LogP contribution is 2.62. The summed E-state index contributed by atoms with van der Waals surface area (Å²) in [5, 5.41) is 0. The van der Waals surface area contributed by atoms with Crippen LogP contribution in [0.2, 0.25) is 0 Å². The maximum atomic E-state index is 7.00. The van der Waals surface area contributed by atoms with E-state index in [9.17, 15) is 0 Å². The van der Waals surface area contributed by atoms with Crippen LogP contribution in [0.25, 0.3) is 67.3 Å². The molecule has 2 aromatic heterocycles. The summed E-state index contributed by atoms with van der Waals surface area (Å²) in [7, 11) is 0. The Morgan fingerprint density at radius 2 is 0.932 bits per heavy atom. The summed E-state index contributed by atoms with van der Waals surface area (Å²) in [6.07, 6.45) is 0. The van der Waals surface area contributed by atoms with Crippen LogP contribution in [0.4, 0.5) is 0 Å². The lowest BCUT2D eigenvalue weighted by molar-refractivity contribution is 0.436. The molecule has 0 bridgehead atoms. The lowest BCUT2D eigenvalue weighted by Crippen LogP contribution is -2.32. The van der Waals surface area contributed by atoms with Gasteiger partial charge in [-0.25, -0.2) is 15.0 Å². The van der Waals surface area contributed by atoms with Crippen LogP contribution >= 0.6 is 0 Å². The zero-order chi connectivity index (χ0) is 39.7. The second-order valence-corrected chi connectivity index (χ2v) is 15.5. The summed E-state index contributed by atoms with van der Waals surface area (Å²) in [4.78, 5) is 19.3. The Balaban J connectivity index is 1.06. The largest absolute Gasteiger partial charge is 0.457 e. The van der Waals surface area contributed by atoms with Crippen LogP contribution in [0.3, 0.4) is 0 Å². The number of pyridine rings is 1. The zero-order valence-corrected chi connectivity index (χ0v) is 32.9. The van der Waals surface area contributed by atoms with E-state index in [-0.39, 0.29) is 0 Å². The Labute approximate surface area is 343 Å². The van der Waals surface area contributed by atoms with Crippen molar-refractivity contribution in [1.29, 1.82) is 0 Å². The molecule has 1 aliphatic heterocycles. The Kier molecular flexibility index (Phi) is 7.99. The van der Waals surface area contributed by atoms with Crippen molar-refractivity contribution in [2.24, 2.45) is 0 Å². The van der Waals surface area contributed by atoms with Gasteiger partial charge in [-0.3, -0.25) is 4.98 Å². The van der Waals surface area contributed by atoms with Crippen molar-refractivity contribution in [2.75, 3.05) is 0 Å². The van der Waals surface area contributed by atoms with Crippen LogP contribution in [-0.2, 0) is 5.41 Å². The highest BCUT2D eigenvalue weighted by Gasteiger charge is 2.51. The molecule has 0 saturated carbocycles. The third kappa shape index (κ3) is 5.61. The molecule has 0 unspecified atom stereocenters. The smallest absolute Gasteiger partial charge is 0.163 e. The van der Waals surface area contributed by atoms with Gasteiger partial charge >= 0.3 is 0 Å². The minimum atomic E-state index is -0.639. The Bertz CT molecular complexity index is 3090. The van der Waals surface area contributed by atoms with E-state index in [4.69, 9.17) is 24.7 Å². The number of aromatic nitrogens is 4. The quantitative estimate of drug-likeness (QED) is 0.175. The summed E-state index contributed by atoms with van der Waals surface area (Å²) in [6.45, 7) is 6.04. The van der Waals surface area contributed by atoms with Gasteiger partial charge in [0.15, 0.2) is 11.6 Å². The fourth-order valence-corrected chi connectivity index (χ4v) is 9.29. The molecule has 0 fully saturated rings. The molecular formula is C54H38N4O. The molecule has 5 nitrogen and oxygen atoms in total. The Hall–Kier alpha value is -7.50. The van der Waals surface area contributed by atoms with Gasteiger partial charge in [0.2, 0.25) is 0 Å². The lowest BCUT2D eigenvalue weighted by atomic mass is 9.65. The molecule has 9 aromatic rings. The third-order valence-electron chi connectivity index (χ3n) is 11.9. The van der Waals surface area contributed by atoms with E-state index < -0.39 is 5.41 Å². The molecule has 0 N–H and O–H groups in total. The number of ether oxygens (including phenoxy) is 1. The molecule has 2 aliphatic rings. The minimum Gasteiger partial charge on any atom is -0.457 e. The standard InChI is InChI=1S/C54H38N4O/c1-33-23-26-43(34(2)55-33)41-18-12-17-39(30-41)37-15-11-16-38(29-37)40-24-27-48-51(32-40)59-50-28-25-42(53-57-35(3)56-52(58-53)36-13-5-4-6-14-36)31-49(50)54(48)46-21-9-7-19-44(46)45-20-8-10-22-47(45)54/h4-32H,1-3H3. The van der Waals surface area contributed by atoms with E-state index in [0.29, 0.717) is 17.5 Å². The van der Waals surface area contributed by atoms with Crippen molar-refractivity contribution in [3.8, 4) is 78.8 Å². The van der Waals surface area contributed by atoms with E-state index in [1.807, 2.05) is 44.2 Å². The predicted molar refractivity (Wildman–Crippen MR) is 236 cm³/mol. The SMILES string of the molecule is Cc1ccc(-c2cccc(-c3cccc(-c4ccc5c(c4)Oc4ccc(-c6nc(C)nc(-c7ccccc7)n6)cc4C54c5ccccc5-c5ccccc54)c3)c2)c(C)n1. The second kappa shape index (κ2) is 13.6. The van der Waals surface area contributed by atoms with E-state index in [1.165, 1.54) is 22.3 Å². The molecule has 1 spiro atoms. The molecule has 5 heteroatoms. The molecule has 59 heavy (non-hydrogen) atoms. The first-order chi connectivity index (χ1) is 28.9. The van der Waals surface area contributed by atoms with Crippen molar-refractivity contribution >= 4 is 0 Å². The van der Waals surface area contributed by atoms with Gasteiger partial charge in [0.25, 0.3) is 0 Å². The van der Waals surface area contributed by atoms with E-state index in [2.05, 4.69) is 153 Å². The van der Waals surface area contributed by atoms with Crippen LogP contribution < -0.4 is 4.74 Å². The first-order valence-corrected chi connectivity index (χ1v) is 20.0. The van der Waals surface area contributed by atoms with Gasteiger partial charge in [-0.2, -0.15) is 0 Å². The monoisotopic (exact) mass is 758 g/mol. The molecule has 7 aromatic carbocycles. The summed E-state index contributed by atoms with van der Waals surface area (Å²) in [5.41, 5.74) is 17.2. The third-order valence-corrected chi connectivity index (χ3v) is 11.9. The maximum absolute atomic E-state index is 7.00. The number of hydrogen-bond acceptors (Lipinski definition) is 5. The Morgan fingerprint density at radius 1 is 0.356 bits per heavy atom. The average Bonchev–Trinajstić information content (AvgIpc) is 3.57. The number of aryl methyl sites for hydroxylation is 3. The molecule has 0 saturated heterocycles. The van der Waals surface area contributed by atoms with E-state index in [1.54, 1.807) is 0 Å². The molecule has 280 valence electrons. The first-order valence-electron chi connectivity index (χ1n) is 20.0. The highest BCUT2D eigenvalue weighted by molar-refractivity contribution is 5.90. The van der Waals surface area contributed by atoms with Gasteiger partial charge in [0.05, 0.1) is 5.41 Å². The number of nitrogens with zero attached hydrogens (tertiary/aromatic N) is 4. The molecule has 0 atom stereocenters. The van der Waals surface area contributed by atoms with Gasteiger partial charge in [0, 0.05) is 39.2 Å². The number of rotatable bonds is 5. The van der Waals surface area contributed by atoms with Crippen LogP contribution in [0, 0.1) is 20.8 Å². The highest BCUT2D eigenvalue weighted by atomic mass is 16.5. The minimum absolute atomic E-state index is 0.631. The van der Waals surface area contributed by atoms with Gasteiger partial charge in [-0.15, -0.1) is 0 Å². The van der Waals surface area contributed by atoms with E-state index in [0.717, 1.165) is 78.5 Å². The average molecular weight is 759 g/mol. The number of fused-ring (bicyclic) bond motifs is 9. The number of hydrogen-bond donors (Lipinski definition) is 0. The first kappa shape index (κ1) is 34.7. The zero-order valence-electron chi connectivity index (χ0n) is 32.9. The van der Waals surface area contributed by atoms with Crippen molar-refractivity contribution < 1.29 is 4.74 Å². The normalized spacial score (nSPS) is 12.9. The van der Waals surface area contributed by atoms with Gasteiger partial charge < -0.3 is 4.74 Å². The molecule has 11 rings (SSSR count). The van der Waals surface area contributed by atoms with Crippen molar-refractivity contribution in [2.45, 2.75) is 26.2 Å². The lowest BCUT2D eigenvalue weighted by Gasteiger charge is -2.39. The maximum Gasteiger partial charge on any atom is 0.163 e. The van der Waals surface area contributed by atoms with Crippen molar-refractivity contribution in [1.82, 2.24) is 19.9 Å². The molecular weight excluding hydrogens is 721 g/mol. The van der Waals surface area contributed by atoms with Crippen LogP contribution in [0.1, 0.15) is 39.5 Å².